The van der Waals surface area contributed by atoms with Gasteiger partial charge in [0.25, 0.3) is 0 Å². The predicted octanol–water partition coefficient (Wildman–Crippen LogP) is 5.06. The van der Waals surface area contributed by atoms with Crippen LogP contribution in [0.1, 0.15) is 29.0 Å². The van der Waals surface area contributed by atoms with Gasteiger partial charge in [0, 0.05) is 28.9 Å². The van der Waals surface area contributed by atoms with Gasteiger partial charge in [0.15, 0.2) is 0 Å². The maximum absolute atomic E-state index is 12.7. The number of hydrogen-bond donors (Lipinski definition) is 2. The average molecular weight is 400 g/mol. The van der Waals surface area contributed by atoms with E-state index in [1.165, 1.54) is 10.4 Å². The van der Waals surface area contributed by atoms with Crippen molar-refractivity contribution in [1.29, 1.82) is 0 Å². The smallest absolute Gasteiger partial charge is 0.319 e. The van der Waals surface area contributed by atoms with Crippen LogP contribution in [0.4, 0.5) is 10.5 Å². The molecule has 28 heavy (non-hydrogen) atoms. The van der Waals surface area contributed by atoms with Gasteiger partial charge in [-0.3, -0.25) is 0 Å². The van der Waals surface area contributed by atoms with E-state index in [1.807, 2.05) is 31.5 Å². The first-order valence-electron chi connectivity index (χ1n) is 8.97. The standard InChI is InChI=1S/C21H25N3O3S/c1-13-15(3)28-20(24-10-6-7-11-24)19(13)14(2)22-21(25)23-17-12-16(26-4)8-9-18(17)27-5/h6-12,14H,1-5H3,(H2,22,23,25). The molecule has 1 aromatic carbocycles. The summed E-state index contributed by atoms with van der Waals surface area (Å²) in [5.41, 5.74) is 2.86. The second-order valence-corrected chi connectivity index (χ2v) is 7.68. The Morgan fingerprint density at radius 3 is 2.50 bits per heavy atom. The van der Waals surface area contributed by atoms with Crippen LogP contribution in [-0.2, 0) is 0 Å². The number of anilines is 1. The summed E-state index contributed by atoms with van der Waals surface area (Å²) in [5, 5.41) is 7.01. The van der Waals surface area contributed by atoms with E-state index in [1.54, 1.807) is 43.8 Å². The Bertz CT molecular complexity index is 964. The van der Waals surface area contributed by atoms with E-state index < -0.39 is 0 Å². The number of ether oxygens (including phenoxy) is 2. The van der Waals surface area contributed by atoms with Gasteiger partial charge >= 0.3 is 6.03 Å². The number of thiophene rings is 1. The molecule has 1 unspecified atom stereocenters. The van der Waals surface area contributed by atoms with E-state index in [0.29, 0.717) is 17.2 Å². The number of amides is 2. The number of hydrogen-bond acceptors (Lipinski definition) is 4. The molecular formula is C21H25N3O3S. The van der Waals surface area contributed by atoms with Crippen LogP contribution in [0.2, 0.25) is 0 Å². The molecule has 0 spiro atoms. The first-order valence-corrected chi connectivity index (χ1v) is 9.79. The van der Waals surface area contributed by atoms with Gasteiger partial charge in [-0.05, 0) is 50.6 Å². The van der Waals surface area contributed by atoms with Crippen LogP contribution in [0.25, 0.3) is 5.00 Å². The van der Waals surface area contributed by atoms with Crippen LogP contribution in [0, 0.1) is 13.8 Å². The summed E-state index contributed by atoms with van der Waals surface area (Å²) in [6.45, 7) is 6.18. The highest BCUT2D eigenvalue weighted by molar-refractivity contribution is 7.14. The summed E-state index contributed by atoms with van der Waals surface area (Å²) >= 11 is 1.72. The fraction of sp³-hybridized carbons (Fsp3) is 0.286. The molecule has 148 valence electrons. The maximum atomic E-state index is 12.7. The van der Waals surface area contributed by atoms with Gasteiger partial charge in [0.05, 0.1) is 25.9 Å². The number of nitrogens with one attached hydrogen (secondary N) is 2. The summed E-state index contributed by atoms with van der Waals surface area (Å²) < 4.78 is 12.6. The molecule has 3 rings (SSSR count). The van der Waals surface area contributed by atoms with E-state index in [4.69, 9.17) is 9.47 Å². The number of urea groups is 1. The van der Waals surface area contributed by atoms with Crippen molar-refractivity contribution in [3.63, 3.8) is 0 Å². The van der Waals surface area contributed by atoms with Crippen molar-refractivity contribution in [2.75, 3.05) is 19.5 Å². The van der Waals surface area contributed by atoms with Crippen LogP contribution < -0.4 is 20.1 Å². The Labute approximate surface area is 169 Å². The van der Waals surface area contributed by atoms with Crippen molar-refractivity contribution in [2.45, 2.75) is 26.8 Å². The molecule has 2 heterocycles. The van der Waals surface area contributed by atoms with E-state index in [-0.39, 0.29) is 12.1 Å². The molecule has 2 aromatic heterocycles. The number of benzene rings is 1. The third-order valence-electron chi connectivity index (χ3n) is 4.69. The number of methoxy groups -OCH3 is 2. The Hall–Kier alpha value is -2.93. The van der Waals surface area contributed by atoms with E-state index in [0.717, 1.165) is 10.6 Å². The largest absolute Gasteiger partial charge is 0.497 e. The van der Waals surface area contributed by atoms with Crippen LogP contribution >= 0.6 is 11.3 Å². The van der Waals surface area contributed by atoms with Crippen molar-refractivity contribution in [2.24, 2.45) is 0 Å². The van der Waals surface area contributed by atoms with Crippen LogP contribution in [0.3, 0.4) is 0 Å². The zero-order chi connectivity index (χ0) is 20.3. The fourth-order valence-electron chi connectivity index (χ4n) is 3.14. The highest BCUT2D eigenvalue weighted by atomic mass is 32.1. The zero-order valence-corrected chi connectivity index (χ0v) is 17.5. The van der Waals surface area contributed by atoms with Crippen molar-refractivity contribution in [3.05, 3.63) is 58.7 Å². The number of aryl methyl sites for hydroxylation is 1. The average Bonchev–Trinajstić information content (AvgIpc) is 3.30. The summed E-state index contributed by atoms with van der Waals surface area (Å²) in [4.78, 5) is 13.9. The molecule has 1 atom stereocenters. The van der Waals surface area contributed by atoms with Gasteiger partial charge in [-0.2, -0.15) is 0 Å². The number of aromatic nitrogens is 1. The second kappa shape index (κ2) is 8.39. The molecule has 0 bridgehead atoms. The van der Waals surface area contributed by atoms with Crippen molar-refractivity contribution in [1.82, 2.24) is 9.88 Å². The minimum Gasteiger partial charge on any atom is -0.497 e. The Morgan fingerprint density at radius 2 is 1.86 bits per heavy atom. The van der Waals surface area contributed by atoms with Crippen LogP contribution in [0.15, 0.2) is 42.7 Å². The number of rotatable bonds is 6. The Kier molecular flexibility index (Phi) is 5.94. The lowest BCUT2D eigenvalue weighted by atomic mass is 10.1. The maximum Gasteiger partial charge on any atom is 0.319 e. The quantitative estimate of drug-likeness (QED) is 0.609. The van der Waals surface area contributed by atoms with Crippen molar-refractivity contribution in [3.8, 4) is 16.5 Å². The van der Waals surface area contributed by atoms with Gasteiger partial charge < -0.3 is 24.7 Å². The van der Waals surface area contributed by atoms with E-state index >= 15 is 0 Å². The molecule has 0 radical (unpaired) electrons. The summed E-state index contributed by atoms with van der Waals surface area (Å²) in [6, 6.07) is 8.79. The highest BCUT2D eigenvalue weighted by Gasteiger charge is 2.21. The summed E-state index contributed by atoms with van der Waals surface area (Å²) in [6.07, 6.45) is 4.03. The first-order chi connectivity index (χ1) is 13.4. The van der Waals surface area contributed by atoms with Crippen LogP contribution in [0.5, 0.6) is 11.5 Å². The molecule has 0 saturated carbocycles. The van der Waals surface area contributed by atoms with E-state index in [2.05, 4.69) is 29.0 Å². The third-order valence-corrected chi connectivity index (χ3v) is 5.92. The molecule has 0 aliphatic heterocycles. The molecule has 7 heteroatoms. The van der Waals surface area contributed by atoms with Gasteiger partial charge in [-0.1, -0.05) is 0 Å². The third kappa shape index (κ3) is 3.99. The molecule has 0 fully saturated rings. The number of nitrogens with zero attached hydrogens (tertiary/aromatic N) is 1. The molecule has 2 amide bonds. The second-order valence-electron chi connectivity index (χ2n) is 6.48. The SMILES string of the molecule is COc1ccc(OC)c(NC(=O)NC(C)c2c(-n3cccc3)sc(C)c2C)c1. The fourth-order valence-corrected chi connectivity index (χ4v) is 4.36. The van der Waals surface area contributed by atoms with Gasteiger partial charge in [0.1, 0.15) is 16.5 Å². The van der Waals surface area contributed by atoms with Gasteiger partial charge in [-0.25, -0.2) is 4.79 Å². The predicted molar refractivity (Wildman–Crippen MR) is 113 cm³/mol. The van der Waals surface area contributed by atoms with Crippen molar-refractivity contribution >= 4 is 23.1 Å². The summed E-state index contributed by atoms with van der Waals surface area (Å²) in [7, 11) is 3.15. The lowest BCUT2D eigenvalue weighted by Crippen LogP contribution is -2.31. The molecule has 3 aromatic rings. The number of carbonyl (C=O) groups is 1. The Balaban J connectivity index is 1.81. The zero-order valence-electron chi connectivity index (χ0n) is 16.7. The van der Waals surface area contributed by atoms with Crippen LogP contribution in [-0.4, -0.2) is 24.8 Å². The minimum atomic E-state index is -0.305. The topological polar surface area (TPSA) is 64.5 Å². The number of carbonyl (C=O) groups excluding carboxylic acids is 1. The normalized spacial score (nSPS) is 11.8. The lowest BCUT2D eigenvalue weighted by molar-refractivity contribution is 0.249. The molecular weight excluding hydrogens is 374 g/mol. The van der Waals surface area contributed by atoms with Gasteiger partial charge in [0.2, 0.25) is 0 Å². The lowest BCUT2D eigenvalue weighted by Gasteiger charge is -2.18. The van der Waals surface area contributed by atoms with Gasteiger partial charge in [-0.15, -0.1) is 11.3 Å². The minimum absolute atomic E-state index is 0.168. The monoisotopic (exact) mass is 399 g/mol. The summed E-state index contributed by atoms with van der Waals surface area (Å²) in [5.74, 6) is 1.21. The molecule has 0 aliphatic rings. The van der Waals surface area contributed by atoms with Crippen molar-refractivity contribution < 1.29 is 14.3 Å². The molecule has 2 N–H and O–H groups in total. The molecule has 6 nitrogen and oxygen atoms in total. The molecule has 0 saturated heterocycles. The first kappa shape index (κ1) is 19.8. The molecule has 0 aliphatic carbocycles. The highest BCUT2D eigenvalue weighted by Crippen LogP contribution is 2.35. The van der Waals surface area contributed by atoms with E-state index in [9.17, 15) is 4.79 Å². The Morgan fingerprint density at radius 1 is 1.14 bits per heavy atom.